The lowest BCUT2D eigenvalue weighted by molar-refractivity contribution is -0.104. The van der Waals surface area contributed by atoms with Gasteiger partial charge in [0.05, 0.1) is 34.9 Å². The van der Waals surface area contributed by atoms with Crippen molar-refractivity contribution < 1.29 is 27.8 Å². The maximum Gasteiger partial charge on any atom is 0.244 e. The minimum Gasteiger partial charge on any atom is -0.486 e. The molecule has 0 amide bonds. The number of aliphatic hydroxyl groups excluding tert-OH is 1. The molecule has 1 saturated heterocycles. The molecular weight excluding hydrogens is 449 g/mol. The zero-order valence-corrected chi connectivity index (χ0v) is 17.7. The van der Waals surface area contributed by atoms with E-state index in [-0.39, 0.29) is 33.3 Å². The van der Waals surface area contributed by atoms with Crippen LogP contribution in [0.4, 0.5) is 4.39 Å². The van der Waals surface area contributed by atoms with Gasteiger partial charge in [-0.2, -0.15) is 14.8 Å². The van der Waals surface area contributed by atoms with Crippen LogP contribution >= 0.6 is 11.6 Å². The Hall–Kier alpha value is -2.73. The average molecular weight is 466 g/mol. The van der Waals surface area contributed by atoms with Gasteiger partial charge in [-0.15, -0.1) is 0 Å². The van der Waals surface area contributed by atoms with Gasteiger partial charge in [-0.1, -0.05) is 11.6 Å². The van der Waals surface area contributed by atoms with E-state index in [1.165, 1.54) is 37.3 Å². The second kappa shape index (κ2) is 8.42. The van der Waals surface area contributed by atoms with Crippen molar-refractivity contribution in [1.29, 1.82) is 10.5 Å². The number of rotatable bonds is 5. The molecule has 0 aromatic heterocycles. The SMILES string of the molecule is C[C@H](O)[C@]1(O)CN(S(=O)(=O)c2ccc(C#N)cc2Cl)CC1Oc1ccc(C#N)c(F)c1. The van der Waals surface area contributed by atoms with E-state index in [1.54, 1.807) is 6.07 Å². The van der Waals surface area contributed by atoms with Gasteiger partial charge in [0, 0.05) is 12.6 Å². The van der Waals surface area contributed by atoms with Crippen LogP contribution in [-0.4, -0.2) is 53.8 Å². The molecule has 0 aliphatic carbocycles. The molecule has 11 heteroatoms. The lowest BCUT2D eigenvalue weighted by Crippen LogP contribution is -2.53. The van der Waals surface area contributed by atoms with Crippen molar-refractivity contribution >= 4 is 21.6 Å². The normalized spacial score (nSPS) is 22.5. The second-order valence-corrected chi connectivity index (χ2v) is 9.40. The first-order chi connectivity index (χ1) is 14.5. The van der Waals surface area contributed by atoms with Crippen LogP contribution in [0.5, 0.6) is 5.75 Å². The molecule has 1 heterocycles. The molecule has 1 aliphatic rings. The van der Waals surface area contributed by atoms with Gasteiger partial charge in [-0.25, -0.2) is 12.8 Å². The molecule has 2 N–H and O–H groups in total. The Balaban J connectivity index is 1.94. The molecule has 3 rings (SSSR count). The van der Waals surface area contributed by atoms with Crippen LogP contribution in [0.25, 0.3) is 0 Å². The van der Waals surface area contributed by atoms with E-state index in [9.17, 15) is 23.0 Å². The summed E-state index contributed by atoms with van der Waals surface area (Å²) in [7, 11) is -4.22. The van der Waals surface area contributed by atoms with Crippen LogP contribution in [0, 0.1) is 28.5 Å². The van der Waals surface area contributed by atoms with Gasteiger partial charge in [-0.3, -0.25) is 0 Å². The fourth-order valence-electron chi connectivity index (χ4n) is 3.26. The van der Waals surface area contributed by atoms with Gasteiger partial charge in [0.15, 0.2) is 0 Å². The molecule has 0 spiro atoms. The molecule has 31 heavy (non-hydrogen) atoms. The summed E-state index contributed by atoms with van der Waals surface area (Å²) in [5.74, 6) is -0.886. The quantitative estimate of drug-likeness (QED) is 0.687. The first-order valence-electron chi connectivity index (χ1n) is 8.99. The highest BCUT2D eigenvalue weighted by atomic mass is 35.5. The third-order valence-corrected chi connectivity index (χ3v) is 7.39. The number of sulfonamides is 1. The summed E-state index contributed by atoms with van der Waals surface area (Å²) in [6.07, 6.45) is -2.64. The molecule has 0 saturated carbocycles. The Kier molecular flexibility index (Phi) is 6.23. The van der Waals surface area contributed by atoms with E-state index < -0.39 is 40.2 Å². The van der Waals surface area contributed by atoms with Crippen LogP contribution < -0.4 is 4.74 Å². The van der Waals surface area contributed by atoms with Gasteiger partial charge in [0.2, 0.25) is 10.0 Å². The maximum atomic E-state index is 13.9. The molecule has 1 fully saturated rings. The van der Waals surface area contributed by atoms with E-state index >= 15 is 0 Å². The van der Waals surface area contributed by atoms with Crippen molar-refractivity contribution in [2.24, 2.45) is 0 Å². The number of aliphatic hydroxyl groups is 2. The fourth-order valence-corrected chi connectivity index (χ4v) is 5.26. The van der Waals surface area contributed by atoms with Crippen molar-refractivity contribution in [1.82, 2.24) is 4.31 Å². The van der Waals surface area contributed by atoms with Crippen molar-refractivity contribution in [3.05, 3.63) is 58.4 Å². The minimum atomic E-state index is -4.22. The summed E-state index contributed by atoms with van der Waals surface area (Å²) in [6, 6.07) is 10.6. The molecule has 3 atom stereocenters. The van der Waals surface area contributed by atoms with E-state index in [4.69, 9.17) is 26.9 Å². The summed E-state index contributed by atoms with van der Waals surface area (Å²) in [5.41, 5.74) is -2.03. The van der Waals surface area contributed by atoms with Crippen molar-refractivity contribution in [3.8, 4) is 17.9 Å². The predicted octanol–water partition coefficient (Wildman–Crippen LogP) is 1.79. The molecular formula is C20H17ClFN3O5S. The van der Waals surface area contributed by atoms with Crippen molar-refractivity contribution in [3.63, 3.8) is 0 Å². The number of ether oxygens (including phenoxy) is 1. The van der Waals surface area contributed by atoms with Crippen LogP contribution in [-0.2, 0) is 10.0 Å². The fraction of sp³-hybridized carbons (Fsp3) is 0.300. The molecule has 162 valence electrons. The Morgan fingerprint density at radius 2 is 2.00 bits per heavy atom. The smallest absolute Gasteiger partial charge is 0.244 e. The van der Waals surface area contributed by atoms with Gasteiger partial charge >= 0.3 is 0 Å². The first-order valence-corrected chi connectivity index (χ1v) is 10.8. The second-order valence-electron chi connectivity index (χ2n) is 7.08. The van der Waals surface area contributed by atoms with E-state index in [0.717, 1.165) is 10.4 Å². The molecule has 8 nitrogen and oxygen atoms in total. The molecule has 2 aromatic rings. The third-order valence-electron chi connectivity index (χ3n) is 5.10. The molecule has 1 aliphatic heterocycles. The number of nitrogens with zero attached hydrogens (tertiary/aromatic N) is 3. The molecule has 0 bridgehead atoms. The van der Waals surface area contributed by atoms with Gasteiger partial charge in [0.25, 0.3) is 0 Å². The lowest BCUT2D eigenvalue weighted by Gasteiger charge is -2.31. The number of hydrogen-bond acceptors (Lipinski definition) is 7. The number of halogens is 2. The van der Waals surface area contributed by atoms with Crippen LogP contribution in [0.3, 0.4) is 0 Å². The maximum absolute atomic E-state index is 13.9. The summed E-state index contributed by atoms with van der Waals surface area (Å²) < 4.78 is 46.7. The largest absolute Gasteiger partial charge is 0.486 e. The number of hydrogen-bond donors (Lipinski definition) is 2. The summed E-state index contributed by atoms with van der Waals surface area (Å²) >= 11 is 6.05. The van der Waals surface area contributed by atoms with Crippen molar-refractivity contribution in [2.75, 3.05) is 13.1 Å². The predicted molar refractivity (Wildman–Crippen MR) is 107 cm³/mol. The number of β-amino-alcohol motifs (C(OH)–C–C–N with tert-alkyl or cyclic N) is 1. The monoisotopic (exact) mass is 465 g/mol. The van der Waals surface area contributed by atoms with E-state index in [0.29, 0.717) is 0 Å². The van der Waals surface area contributed by atoms with Gasteiger partial charge in [0.1, 0.15) is 34.2 Å². The highest BCUT2D eigenvalue weighted by Crippen LogP contribution is 2.35. The van der Waals surface area contributed by atoms with Crippen molar-refractivity contribution in [2.45, 2.75) is 29.6 Å². The zero-order valence-electron chi connectivity index (χ0n) is 16.2. The van der Waals surface area contributed by atoms with Crippen LogP contribution in [0.1, 0.15) is 18.1 Å². The topological polar surface area (TPSA) is 135 Å². The van der Waals surface area contributed by atoms with Gasteiger partial charge in [-0.05, 0) is 37.3 Å². The Morgan fingerprint density at radius 3 is 2.55 bits per heavy atom. The summed E-state index contributed by atoms with van der Waals surface area (Å²) in [6.45, 7) is 0.412. The molecule has 2 aromatic carbocycles. The lowest BCUT2D eigenvalue weighted by atomic mass is 9.94. The highest BCUT2D eigenvalue weighted by Gasteiger charge is 2.54. The van der Waals surface area contributed by atoms with Crippen LogP contribution in [0.2, 0.25) is 5.02 Å². The average Bonchev–Trinajstić information content (AvgIpc) is 3.06. The Morgan fingerprint density at radius 1 is 1.29 bits per heavy atom. The Labute approximate surface area is 183 Å². The van der Waals surface area contributed by atoms with E-state index in [1.807, 2.05) is 6.07 Å². The standard InChI is InChI=1S/C20H17ClFN3O5S/c1-12(26)20(27)11-25(31(28,29)18-5-2-13(8-23)6-16(18)21)10-19(20)30-15-4-3-14(9-24)17(22)7-15/h2-7,12,19,26-27H,10-11H2,1H3/t12-,19?,20+/m0/s1. The highest BCUT2D eigenvalue weighted by molar-refractivity contribution is 7.89. The van der Waals surface area contributed by atoms with Crippen LogP contribution in [0.15, 0.2) is 41.3 Å². The zero-order chi connectivity index (χ0) is 23.0. The van der Waals surface area contributed by atoms with E-state index in [2.05, 4.69) is 0 Å². The third kappa shape index (κ3) is 4.22. The first kappa shape index (κ1) is 22.9. The number of benzene rings is 2. The van der Waals surface area contributed by atoms with Gasteiger partial charge < -0.3 is 14.9 Å². The number of nitriles is 2. The summed E-state index contributed by atoms with van der Waals surface area (Å²) in [5, 5.41) is 38.7. The molecule has 0 radical (unpaired) electrons. The summed E-state index contributed by atoms with van der Waals surface area (Å²) in [4.78, 5) is -0.272. The minimum absolute atomic E-state index is 0.0452. The Bertz CT molecular complexity index is 1210. The molecule has 1 unspecified atom stereocenters.